The van der Waals surface area contributed by atoms with Gasteiger partial charge in [-0.3, -0.25) is 14.0 Å². The highest BCUT2D eigenvalue weighted by Gasteiger charge is 2.28. The second-order valence-corrected chi connectivity index (χ2v) is 11.5. The van der Waals surface area contributed by atoms with Crippen LogP contribution in [0.25, 0.3) is 0 Å². The smallest absolute Gasteiger partial charge is 0.264 e. The van der Waals surface area contributed by atoms with Gasteiger partial charge in [0.1, 0.15) is 6.54 Å². The summed E-state index contributed by atoms with van der Waals surface area (Å²) in [5, 5.41) is 2.93. The molecule has 1 amide bonds. The number of nitrogens with zero attached hydrogens (tertiary/aromatic N) is 2. The molecule has 1 N–H and O–H groups in total. The lowest BCUT2D eigenvalue weighted by molar-refractivity contribution is -0.119. The van der Waals surface area contributed by atoms with Gasteiger partial charge < -0.3 is 5.32 Å². The molecule has 1 fully saturated rings. The van der Waals surface area contributed by atoms with Gasteiger partial charge in [0, 0.05) is 13.1 Å². The zero-order valence-electron chi connectivity index (χ0n) is 21.3. The number of rotatable bonds is 9. The number of nitrogens with one attached hydrogen (secondary N) is 1. The van der Waals surface area contributed by atoms with Crippen LogP contribution < -0.4 is 9.62 Å². The monoisotopic (exact) mass is 505 g/mol. The number of hydrogen-bond acceptors (Lipinski definition) is 4. The third-order valence-corrected chi connectivity index (χ3v) is 8.60. The van der Waals surface area contributed by atoms with Crippen LogP contribution in [-0.4, -0.2) is 38.9 Å². The number of likely N-dealkylation sites (tertiary alicyclic amines) is 1. The van der Waals surface area contributed by atoms with Gasteiger partial charge in [-0.2, -0.15) is 0 Å². The Kier molecular flexibility index (Phi) is 8.11. The first-order chi connectivity index (χ1) is 17.2. The Morgan fingerprint density at radius 2 is 1.58 bits per heavy atom. The molecule has 190 valence electrons. The normalized spacial score (nSPS) is 14.1. The molecule has 0 atom stereocenters. The SMILES string of the molecule is Cc1ccc(S(=O)(=O)N(CC(=O)NCc2cccc(CN3CCCC3)c2)c2cccc(C)c2C)cc1. The van der Waals surface area contributed by atoms with Crippen molar-refractivity contribution in [2.45, 2.75) is 51.6 Å². The number of carbonyl (C=O) groups excluding carboxylic acids is 1. The Morgan fingerprint density at radius 3 is 2.31 bits per heavy atom. The summed E-state index contributed by atoms with van der Waals surface area (Å²) >= 11 is 0. The van der Waals surface area contributed by atoms with Gasteiger partial charge in [-0.15, -0.1) is 0 Å². The minimum absolute atomic E-state index is 0.163. The molecular formula is C29H35N3O3S. The van der Waals surface area contributed by atoms with Gasteiger partial charge in [0.05, 0.1) is 10.6 Å². The van der Waals surface area contributed by atoms with Gasteiger partial charge in [-0.05, 0) is 87.2 Å². The lowest BCUT2D eigenvalue weighted by Crippen LogP contribution is -2.41. The Bertz CT molecular complexity index is 1310. The van der Waals surface area contributed by atoms with Crippen molar-refractivity contribution >= 4 is 21.6 Å². The molecule has 3 aromatic carbocycles. The van der Waals surface area contributed by atoms with Gasteiger partial charge in [0.25, 0.3) is 10.0 Å². The van der Waals surface area contributed by atoms with E-state index in [0.29, 0.717) is 12.2 Å². The maximum Gasteiger partial charge on any atom is 0.264 e. The zero-order chi connectivity index (χ0) is 25.7. The van der Waals surface area contributed by atoms with Crippen molar-refractivity contribution in [3.05, 3.63) is 94.5 Å². The van der Waals surface area contributed by atoms with E-state index < -0.39 is 10.0 Å². The molecule has 3 aromatic rings. The maximum atomic E-state index is 13.7. The quantitative estimate of drug-likeness (QED) is 0.457. The Labute approximate surface area is 215 Å². The minimum atomic E-state index is -3.94. The van der Waals surface area contributed by atoms with Crippen LogP contribution in [0.4, 0.5) is 5.69 Å². The molecule has 0 saturated carbocycles. The summed E-state index contributed by atoms with van der Waals surface area (Å²) in [5.41, 5.74) is 5.50. The van der Waals surface area contributed by atoms with E-state index in [4.69, 9.17) is 0 Å². The maximum absolute atomic E-state index is 13.7. The van der Waals surface area contributed by atoms with Crippen LogP contribution in [0.2, 0.25) is 0 Å². The molecule has 6 nitrogen and oxygen atoms in total. The Hall–Kier alpha value is -3.16. The van der Waals surface area contributed by atoms with Crippen molar-refractivity contribution < 1.29 is 13.2 Å². The number of aryl methyl sites for hydroxylation is 2. The van der Waals surface area contributed by atoms with E-state index in [1.807, 2.05) is 45.0 Å². The van der Waals surface area contributed by atoms with E-state index in [9.17, 15) is 13.2 Å². The lowest BCUT2D eigenvalue weighted by atomic mass is 10.1. The summed E-state index contributed by atoms with van der Waals surface area (Å²) < 4.78 is 28.6. The summed E-state index contributed by atoms with van der Waals surface area (Å²) in [7, 11) is -3.94. The van der Waals surface area contributed by atoms with Crippen molar-refractivity contribution in [1.29, 1.82) is 0 Å². The predicted octanol–water partition coefficient (Wildman–Crippen LogP) is 4.72. The first-order valence-corrected chi connectivity index (χ1v) is 13.9. The minimum Gasteiger partial charge on any atom is -0.350 e. The summed E-state index contributed by atoms with van der Waals surface area (Å²) in [6, 6.07) is 20.4. The molecule has 1 saturated heterocycles. The molecule has 4 rings (SSSR count). The number of hydrogen-bond donors (Lipinski definition) is 1. The van der Waals surface area contributed by atoms with Gasteiger partial charge in [0.15, 0.2) is 0 Å². The Morgan fingerprint density at radius 1 is 0.917 bits per heavy atom. The molecule has 0 bridgehead atoms. The second kappa shape index (κ2) is 11.3. The van der Waals surface area contributed by atoms with Crippen LogP contribution in [0.1, 0.15) is 40.7 Å². The van der Waals surface area contributed by atoms with Crippen molar-refractivity contribution in [2.24, 2.45) is 0 Å². The molecule has 7 heteroatoms. The zero-order valence-corrected chi connectivity index (χ0v) is 22.1. The van der Waals surface area contributed by atoms with E-state index in [-0.39, 0.29) is 17.3 Å². The largest absolute Gasteiger partial charge is 0.350 e. The summed E-state index contributed by atoms with van der Waals surface area (Å²) in [6.07, 6.45) is 2.50. The first-order valence-electron chi connectivity index (χ1n) is 12.5. The molecule has 1 heterocycles. The van der Waals surface area contributed by atoms with Crippen LogP contribution in [-0.2, 0) is 27.9 Å². The van der Waals surface area contributed by atoms with Gasteiger partial charge in [-0.25, -0.2) is 8.42 Å². The fraction of sp³-hybridized carbons (Fsp3) is 0.345. The highest BCUT2D eigenvalue weighted by Crippen LogP contribution is 2.28. The standard InChI is InChI=1S/C29H35N3O3S/c1-22-12-14-27(15-13-22)36(34,35)32(28-11-6-8-23(2)24(28)3)21-29(33)30-19-25-9-7-10-26(18-25)20-31-16-4-5-17-31/h6-15,18H,4-5,16-17,19-21H2,1-3H3,(H,30,33). The second-order valence-electron chi connectivity index (χ2n) is 9.62. The van der Waals surface area contributed by atoms with Crippen molar-refractivity contribution in [3.8, 4) is 0 Å². The third-order valence-electron chi connectivity index (χ3n) is 6.83. The average molecular weight is 506 g/mol. The van der Waals surface area contributed by atoms with Crippen LogP contribution in [0.3, 0.4) is 0 Å². The number of sulfonamides is 1. The van der Waals surface area contributed by atoms with Crippen molar-refractivity contribution in [3.63, 3.8) is 0 Å². The van der Waals surface area contributed by atoms with E-state index >= 15 is 0 Å². The molecule has 0 aliphatic carbocycles. The average Bonchev–Trinajstić information content (AvgIpc) is 3.37. The van der Waals surface area contributed by atoms with Gasteiger partial charge in [-0.1, -0.05) is 54.1 Å². The first kappa shape index (κ1) is 25.9. The van der Waals surface area contributed by atoms with Crippen molar-refractivity contribution in [1.82, 2.24) is 10.2 Å². The summed E-state index contributed by atoms with van der Waals surface area (Å²) in [5.74, 6) is -0.350. The number of benzene rings is 3. The van der Waals surface area contributed by atoms with Crippen molar-refractivity contribution in [2.75, 3.05) is 23.9 Å². The van der Waals surface area contributed by atoms with Gasteiger partial charge >= 0.3 is 0 Å². The molecular weight excluding hydrogens is 470 g/mol. The van der Waals surface area contributed by atoms with E-state index in [1.54, 1.807) is 30.3 Å². The van der Waals surface area contributed by atoms with Crippen LogP contribution in [0.15, 0.2) is 71.6 Å². The Balaban J connectivity index is 1.52. The fourth-order valence-corrected chi connectivity index (χ4v) is 6.05. The number of carbonyl (C=O) groups is 1. The molecule has 0 aromatic heterocycles. The lowest BCUT2D eigenvalue weighted by Gasteiger charge is -2.26. The third kappa shape index (κ3) is 6.15. The molecule has 1 aliphatic rings. The molecule has 0 unspecified atom stereocenters. The number of amides is 1. The molecule has 0 radical (unpaired) electrons. The molecule has 0 spiro atoms. The summed E-state index contributed by atoms with van der Waals surface area (Å²) in [6.45, 7) is 8.95. The fourth-order valence-electron chi connectivity index (χ4n) is 4.57. The predicted molar refractivity (Wildman–Crippen MR) is 144 cm³/mol. The molecule has 1 aliphatic heterocycles. The molecule has 36 heavy (non-hydrogen) atoms. The highest BCUT2D eigenvalue weighted by atomic mass is 32.2. The van der Waals surface area contributed by atoms with Crippen LogP contribution >= 0.6 is 0 Å². The van der Waals surface area contributed by atoms with E-state index in [0.717, 1.165) is 41.9 Å². The number of anilines is 1. The van der Waals surface area contributed by atoms with Crippen LogP contribution in [0.5, 0.6) is 0 Å². The van der Waals surface area contributed by atoms with E-state index in [1.165, 1.54) is 22.7 Å². The van der Waals surface area contributed by atoms with Crippen LogP contribution in [0, 0.1) is 20.8 Å². The summed E-state index contributed by atoms with van der Waals surface area (Å²) in [4.78, 5) is 15.7. The topological polar surface area (TPSA) is 69.7 Å². The highest BCUT2D eigenvalue weighted by molar-refractivity contribution is 7.92. The van der Waals surface area contributed by atoms with Gasteiger partial charge in [0.2, 0.25) is 5.91 Å². The van der Waals surface area contributed by atoms with E-state index in [2.05, 4.69) is 22.3 Å².